The highest BCUT2D eigenvalue weighted by Gasteiger charge is 2.22. The Labute approximate surface area is 145 Å². The minimum absolute atomic E-state index is 0.247. The van der Waals surface area contributed by atoms with Gasteiger partial charge in [-0.25, -0.2) is 9.78 Å². The normalized spacial score (nSPS) is 21.8. The zero-order valence-electron chi connectivity index (χ0n) is 14.2. The molecule has 1 aliphatic rings. The second-order valence-electron chi connectivity index (χ2n) is 6.39. The van der Waals surface area contributed by atoms with E-state index in [1.165, 1.54) is 16.9 Å². The van der Waals surface area contributed by atoms with Gasteiger partial charge in [-0.05, 0) is 32.4 Å². The zero-order valence-corrected chi connectivity index (χ0v) is 15.0. The fourth-order valence-electron chi connectivity index (χ4n) is 3.19. The second-order valence-corrected chi connectivity index (χ2v) is 7.39. The number of aromatic carboxylic acids is 1. The quantitative estimate of drug-likeness (QED) is 0.919. The predicted octanol–water partition coefficient (Wildman–Crippen LogP) is 3.43. The first-order chi connectivity index (χ1) is 11.4. The highest BCUT2D eigenvalue weighted by molar-refractivity contribution is 7.17. The number of morpholine rings is 1. The van der Waals surface area contributed by atoms with Crippen molar-refractivity contribution in [3.05, 3.63) is 40.4 Å². The summed E-state index contributed by atoms with van der Waals surface area (Å²) < 4.78 is 5.78. The smallest absolute Gasteiger partial charge is 0.347 e. The van der Waals surface area contributed by atoms with Crippen LogP contribution in [0.25, 0.3) is 10.6 Å². The summed E-state index contributed by atoms with van der Waals surface area (Å²) in [6.45, 7) is 8.66. The van der Waals surface area contributed by atoms with Gasteiger partial charge < -0.3 is 9.84 Å². The maximum absolute atomic E-state index is 11.2. The van der Waals surface area contributed by atoms with E-state index in [9.17, 15) is 9.90 Å². The molecule has 1 aromatic carbocycles. The fourth-order valence-corrected chi connectivity index (χ4v) is 4.09. The molecule has 24 heavy (non-hydrogen) atoms. The lowest BCUT2D eigenvalue weighted by Crippen LogP contribution is -2.44. The molecule has 5 nitrogen and oxygen atoms in total. The second kappa shape index (κ2) is 7.01. The molecule has 6 heteroatoms. The Hall–Kier alpha value is -1.76. The Kier molecular flexibility index (Phi) is 4.99. The van der Waals surface area contributed by atoms with Crippen LogP contribution in [0.4, 0.5) is 0 Å². The largest absolute Gasteiger partial charge is 0.477 e. The molecule has 0 radical (unpaired) electrons. The third-order valence-electron chi connectivity index (χ3n) is 4.07. The van der Waals surface area contributed by atoms with Gasteiger partial charge in [0.1, 0.15) is 9.88 Å². The number of aromatic nitrogens is 1. The molecule has 0 amide bonds. The van der Waals surface area contributed by atoms with Crippen molar-refractivity contribution in [2.75, 3.05) is 13.1 Å². The van der Waals surface area contributed by atoms with Gasteiger partial charge in [0.25, 0.3) is 0 Å². The van der Waals surface area contributed by atoms with Crippen molar-refractivity contribution < 1.29 is 14.6 Å². The van der Waals surface area contributed by atoms with E-state index in [2.05, 4.69) is 35.9 Å². The monoisotopic (exact) mass is 346 g/mol. The molecule has 2 unspecified atom stereocenters. The van der Waals surface area contributed by atoms with Crippen LogP contribution >= 0.6 is 11.3 Å². The number of ether oxygens (including phenoxy) is 1. The Morgan fingerprint density at radius 1 is 1.38 bits per heavy atom. The lowest BCUT2D eigenvalue weighted by atomic mass is 10.1. The van der Waals surface area contributed by atoms with Crippen LogP contribution in [-0.4, -0.2) is 46.3 Å². The first-order valence-corrected chi connectivity index (χ1v) is 8.92. The van der Waals surface area contributed by atoms with Crippen molar-refractivity contribution in [2.24, 2.45) is 0 Å². The van der Waals surface area contributed by atoms with Crippen LogP contribution in [0.2, 0.25) is 0 Å². The highest BCUT2D eigenvalue weighted by atomic mass is 32.1. The Morgan fingerprint density at radius 3 is 2.71 bits per heavy atom. The number of thiazole rings is 1. The van der Waals surface area contributed by atoms with Gasteiger partial charge in [-0.3, -0.25) is 4.90 Å². The number of rotatable bonds is 4. The van der Waals surface area contributed by atoms with Gasteiger partial charge in [0, 0.05) is 25.2 Å². The molecule has 0 aliphatic carbocycles. The number of nitrogens with zero attached hydrogens (tertiary/aromatic N) is 2. The molecule has 2 heterocycles. The summed E-state index contributed by atoms with van der Waals surface area (Å²) in [5.74, 6) is -0.913. The number of aryl methyl sites for hydroxylation is 1. The van der Waals surface area contributed by atoms with Crippen LogP contribution in [0.3, 0.4) is 0 Å². The molecule has 1 aliphatic heterocycles. The average molecular weight is 346 g/mol. The molecule has 1 aromatic heterocycles. The van der Waals surface area contributed by atoms with Crippen molar-refractivity contribution in [3.8, 4) is 10.6 Å². The minimum Gasteiger partial charge on any atom is -0.477 e. The number of carbonyl (C=O) groups is 1. The van der Waals surface area contributed by atoms with Crippen molar-refractivity contribution in [3.63, 3.8) is 0 Å². The summed E-state index contributed by atoms with van der Waals surface area (Å²) in [6.07, 6.45) is 0.494. The molecule has 3 rings (SSSR count). The van der Waals surface area contributed by atoms with E-state index in [-0.39, 0.29) is 12.2 Å². The van der Waals surface area contributed by atoms with Gasteiger partial charge in [0.15, 0.2) is 0 Å². The highest BCUT2D eigenvalue weighted by Crippen LogP contribution is 2.29. The number of benzene rings is 1. The van der Waals surface area contributed by atoms with Gasteiger partial charge in [-0.2, -0.15) is 0 Å². The van der Waals surface area contributed by atoms with E-state index in [0.29, 0.717) is 10.6 Å². The zero-order chi connectivity index (χ0) is 17.3. The summed E-state index contributed by atoms with van der Waals surface area (Å²) in [5.41, 5.74) is 2.75. The number of hydrogen-bond donors (Lipinski definition) is 1. The SMILES string of the molecule is Cc1nc(-c2cccc(CN3CC(C)OC(C)C3)c2)sc1C(=O)O. The molecular weight excluding hydrogens is 324 g/mol. The molecule has 2 atom stereocenters. The lowest BCUT2D eigenvalue weighted by Gasteiger charge is -2.35. The van der Waals surface area contributed by atoms with Crippen molar-refractivity contribution in [2.45, 2.75) is 39.5 Å². The third-order valence-corrected chi connectivity index (χ3v) is 5.26. The van der Waals surface area contributed by atoms with E-state index in [1.54, 1.807) is 6.92 Å². The molecule has 2 aromatic rings. The van der Waals surface area contributed by atoms with Crippen LogP contribution in [0.15, 0.2) is 24.3 Å². The van der Waals surface area contributed by atoms with E-state index >= 15 is 0 Å². The number of hydrogen-bond acceptors (Lipinski definition) is 5. The summed E-state index contributed by atoms with van der Waals surface area (Å²) >= 11 is 1.23. The van der Waals surface area contributed by atoms with Gasteiger partial charge in [-0.1, -0.05) is 18.2 Å². The van der Waals surface area contributed by atoms with Crippen LogP contribution in [0, 0.1) is 6.92 Å². The summed E-state index contributed by atoms with van der Waals surface area (Å²) in [4.78, 5) is 18.3. The molecule has 1 fully saturated rings. The molecule has 1 saturated heterocycles. The molecular formula is C18H22N2O3S. The minimum atomic E-state index is -0.913. The molecule has 1 N–H and O–H groups in total. The summed E-state index contributed by atoms with van der Waals surface area (Å²) in [5, 5.41) is 9.96. The maximum atomic E-state index is 11.2. The average Bonchev–Trinajstić information content (AvgIpc) is 2.89. The third kappa shape index (κ3) is 3.83. The maximum Gasteiger partial charge on any atom is 0.347 e. The molecule has 0 bridgehead atoms. The van der Waals surface area contributed by atoms with Gasteiger partial charge in [-0.15, -0.1) is 11.3 Å². The van der Waals surface area contributed by atoms with Crippen LogP contribution in [0.1, 0.15) is 34.8 Å². The molecule has 0 saturated carbocycles. The van der Waals surface area contributed by atoms with Crippen molar-refractivity contribution in [1.29, 1.82) is 0 Å². The van der Waals surface area contributed by atoms with Gasteiger partial charge in [0.05, 0.1) is 17.9 Å². The summed E-state index contributed by atoms with van der Waals surface area (Å²) in [7, 11) is 0. The number of carboxylic acids is 1. The Bertz CT molecular complexity index is 734. The van der Waals surface area contributed by atoms with Crippen LogP contribution in [-0.2, 0) is 11.3 Å². The predicted molar refractivity (Wildman–Crippen MR) is 94.5 cm³/mol. The first kappa shape index (κ1) is 17.1. The first-order valence-electron chi connectivity index (χ1n) is 8.10. The molecule has 128 valence electrons. The van der Waals surface area contributed by atoms with E-state index in [1.807, 2.05) is 12.1 Å². The van der Waals surface area contributed by atoms with Gasteiger partial charge >= 0.3 is 5.97 Å². The van der Waals surface area contributed by atoms with E-state index < -0.39 is 5.97 Å². The fraction of sp³-hybridized carbons (Fsp3) is 0.444. The van der Waals surface area contributed by atoms with Crippen LogP contribution < -0.4 is 0 Å². The van der Waals surface area contributed by atoms with E-state index in [0.717, 1.165) is 30.2 Å². The van der Waals surface area contributed by atoms with Crippen LogP contribution in [0.5, 0.6) is 0 Å². The Balaban J connectivity index is 1.79. The Morgan fingerprint density at radius 2 is 2.08 bits per heavy atom. The van der Waals surface area contributed by atoms with Crippen molar-refractivity contribution >= 4 is 17.3 Å². The molecule has 0 spiro atoms. The topological polar surface area (TPSA) is 62.7 Å². The van der Waals surface area contributed by atoms with E-state index in [4.69, 9.17) is 4.74 Å². The van der Waals surface area contributed by atoms with Gasteiger partial charge in [0.2, 0.25) is 0 Å². The summed E-state index contributed by atoms with van der Waals surface area (Å²) in [6, 6.07) is 8.20. The standard InChI is InChI=1S/C18H22N2O3S/c1-11-8-20(9-12(2)23-11)10-14-5-4-6-15(7-14)17-19-13(3)16(24-17)18(21)22/h4-7,11-12H,8-10H2,1-3H3,(H,21,22). The lowest BCUT2D eigenvalue weighted by molar-refractivity contribution is -0.0704. The van der Waals surface area contributed by atoms with Crippen molar-refractivity contribution in [1.82, 2.24) is 9.88 Å². The number of carboxylic acid groups (broad SMARTS) is 1.